The Hall–Kier alpha value is -12.7. The van der Waals surface area contributed by atoms with Gasteiger partial charge in [-0.1, -0.05) is 72.8 Å². The fourth-order valence-electron chi connectivity index (χ4n) is 11.0. The number of aliphatic carboxylic acids is 1. The van der Waals surface area contributed by atoms with Gasteiger partial charge in [0.05, 0.1) is 50.9 Å². The van der Waals surface area contributed by atoms with E-state index in [-0.39, 0.29) is 22.6 Å². The Morgan fingerprint density at radius 2 is 0.960 bits per heavy atom. The summed E-state index contributed by atoms with van der Waals surface area (Å²) in [5.41, 5.74) is 4.59. The number of aryl methyl sites for hydroxylation is 1. The first kappa shape index (κ1) is 69.6. The predicted molar refractivity (Wildman–Crippen MR) is 363 cm³/mol. The van der Waals surface area contributed by atoms with Gasteiger partial charge in [0.25, 0.3) is 31.9 Å². The number of sulfonamides is 2. The number of esters is 1. The minimum absolute atomic E-state index is 0.156. The van der Waals surface area contributed by atoms with Crippen LogP contribution in [0.2, 0.25) is 0 Å². The van der Waals surface area contributed by atoms with Crippen molar-refractivity contribution in [3.05, 3.63) is 276 Å². The summed E-state index contributed by atoms with van der Waals surface area (Å²) < 4.78 is 136. The van der Waals surface area contributed by atoms with Gasteiger partial charge in [-0.15, -0.1) is 0 Å². The Bertz CT molecular complexity index is 5460. The fraction of sp³-hybridized carbons (Fsp3) is 0.0822. The standard InChI is InChI=1S/C38H26F3N5O5S.C35H26F2N6O5S/c1-51-38(48)33(17-24-10-13-30(36-29(24)7-4-15-44-36)28-6-3-2-5-25(28)21-42)45-37(47)35-31(39)19-26(20-32(35)40)46-52(49,50)27-11-8-22(9-12-27)23-14-16-43-34(41)18-23;1-20-16-22(11-15-38-20)21-5-8-25(9-6-21)49(47,48)43-24-18-28(36)31(29(37)19-24)34(44)42-30(35(45)46)17-23-7-10-27(33-40-13-3-14-41-33)32-26(23)4-2-12-39-32/h2-16,18-20,33,46H,17H2,1H3,(H,45,47);2-16,18-19,30,43H,17H2,1H3,(H,42,44)(H,45,46)/t33-;30-/m00/s1. The molecule has 2 atom stereocenters. The molecule has 12 aromatic rings. The molecule has 28 heteroatoms. The molecule has 5 aromatic heterocycles. The van der Waals surface area contributed by atoms with Crippen LogP contribution in [-0.2, 0) is 47.2 Å². The van der Waals surface area contributed by atoms with Gasteiger partial charge in [0.1, 0.15) is 46.5 Å². The highest BCUT2D eigenvalue weighted by molar-refractivity contribution is 7.93. The Labute approximate surface area is 572 Å². The normalized spacial score (nSPS) is 11.9. The lowest BCUT2D eigenvalue weighted by Crippen LogP contribution is -2.43. The summed E-state index contributed by atoms with van der Waals surface area (Å²) in [4.78, 5) is 76.0. The number of hydrogen-bond acceptors (Lipinski definition) is 16. The van der Waals surface area contributed by atoms with Gasteiger partial charge in [-0.3, -0.25) is 34.0 Å². The number of ether oxygens (including phenoxy) is 1. The number of nitrogens with one attached hydrogen (secondary N) is 4. The molecule has 0 aliphatic carbocycles. The number of carboxylic acid groups (broad SMARTS) is 1. The fourth-order valence-corrected chi connectivity index (χ4v) is 13.1. The van der Waals surface area contributed by atoms with E-state index in [9.17, 15) is 50.8 Å². The summed E-state index contributed by atoms with van der Waals surface area (Å²) in [5.74, 6) is -10.9. The number of benzene rings is 7. The second kappa shape index (κ2) is 29.9. The number of fused-ring (bicyclic) bond motifs is 2. The van der Waals surface area contributed by atoms with Gasteiger partial charge in [0.2, 0.25) is 5.95 Å². The maximum absolute atomic E-state index is 15.3. The van der Waals surface area contributed by atoms with Crippen LogP contribution in [0.3, 0.4) is 0 Å². The first-order valence-electron chi connectivity index (χ1n) is 30.2. The first-order valence-corrected chi connectivity index (χ1v) is 33.2. The Kier molecular flexibility index (Phi) is 20.6. The molecule has 0 unspecified atom stereocenters. The minimum Gasteiger partial charge on any atom is -0.480 e. The third-order valence-corrected chi connectivity index (χ3v) is 18.6. The van der Waals surface area contributed by atoms with Gasteiger partial charge in [-0.2, -0.15) is 9.65 Å². The number of hydrogen-bond donors (Lipinski definition) is 5. The average Bonchev–Trinajstić information content (AvgIpc) is 0.800. The van der Waals surface area contributed by atoms with Crippen molar-refractivity contribution in [1.29, 1.82) is 5.26 Å². The third-order valence-electron chi connectivity index (χ3n) is 15.8. The summed E-state index contributed by atoms with van der Waals surface area (Å²) in [6.07, 6.45) is 8.77. The van der Waals surface area contributed by atoms with E-state index in [0.717, 1.165) is 23.9 Å². The lowest BCUT2D eigenvalue weighted by molar-refractivity contribution is -0.143. The number of halogens is 5. The van der Waals surface area contributed by atoms with Gasteiger partial charge in [0, 0.05) is 89.2 Å². The third kappa shape index (κ3) is 15.8. The molecular weight excluding hydrogens is 1350 g/mol. The smallest absolute Gasteiger partial charge is 0.328 e. The van der Waals surface area contributed by atoms with Crippen LogP contribution in [0.4, 0.5) is 33.3 Å². The first-order chi connectivity index (χ1) is 48.5. The quantitative estimate of drug-likeness (QED) is 0.0269. The van der Waals surface area contributed by atoms with Crippen molar-refractivity contribution in [3.63, 3.8) is 0 Å². The zero-order valence-corrected chi connectivity index (χ0v) is 54.4. The predicted octanol–water partition coefficient (Wildman–Crippen LogP) is 12.1. The van der Waals surface area contributed by atoms with Crippen LogP contribution in [0, 0.1) is 47.5 Å². The van der Waals surface area contributed by atoms with Crippen molar-refractivity contribution in [3.8, 4) is 50.8 Å². The number of anilines is 2. The van der Waals surface area contributed by atoms with Crippen molar-refractivity contribution < 1.29 is 67.8 Å². The summed E-state index contributed by atoms with van der Waals surface area (Å²) >= 11 is 0. The van der Waals surface area contributed by atoms with E-state index >= 15 is 17.6 Å². The Morgan fingerprint density at radius 1 is 0.495 bits per heavy atom. The molecule has 12 rings (SSSR count). The van der Waals surface area contributed by atoms with Gasteiger partial charge in [0.15, 0.2) is 5.82 Å². The van der Waals surface area contributed by atoms with E-state index in [1.165, 1.54) is 54.7 Å². The maximum atomic E-state index is 15.3. The lowest BCUT2D eigenvalue weighted by Gasteiger charge is -2.19. The van der Waals surface area contributed by atoms with Crippen LogP contribution in [0.25, 0.3) is 66.6 Å². The second-order valence-electron chi connectivity index (χ2n) is 22.3. The van der Waals surface area contributed by atoms with Crippen LogP contribution in [0.15, 0.2) is 223 Å². The highest BCUT2D eigenvalue weighted by Crippen LogP contribution is 2.34. The second-order valence-corrected chi connectivity index (χ2v) is 25.7. The van der Waals surface area contributed by atoms with E-state index in [1.54, 1.807) is 128 Å². The molecular formula is C73H52F5N11O10S2. The largest absolute Gasteiger partial charge is 0.480 e. The average molecular weight is 1400 g/mol. The van der Waals surface area contributed by atoms with Gasteiger partial charge < -0.3 is 20.5 Å². The molecule has 506 valence electrons. The number of nitriles is 1. The topological polar surface area (TPSA) is 315 Å². The number of carbonyl (C=O) groups is 4. The van der Waals surface area contributed by atoms with Crippen LogP contribution in [0.5, 0.6) is 0 Å². The molecule has 5 heterocycles. The van der Waals surface area contributed by atoms with Crippen LogP contribution >= 0.6 is 0 Å². The van der Waals surface area contributed by atoms with Gasteiger partial charge in [-0.25, -0.2) is 58.9 Å². The molecule has 2 amide bonds. The highest BCUT2D eigenvalue weighted by Gasteiger charge is 2.31. The van der Waals surface area contributed by atoms with Gasteiger partial charge >= 0.3 is 11.9 Å². The molecule has 7 aromatic carbocycles. The van der Waals surface area contributed by atoms with Crippen molar-refractivity contribution in [2.45, 2.75) is 41.6 Å². The number of amides is 2. The molecule has 0 radical (unpaired) electrons. The monoisotopic (exact) mass is 1400 g/mol. The van der Waals surface area contributed by atoms with Crippen LogP contribution in [0.1, 0.15) is 43.1 Å². The number of rotatable bonds is 20. The molecule has 5 N–H and O–H groups in total. The molecule has 0 aliphatic heterocycles. The van der Waals surface area contributed by atoms with Crippen molar-refractivity contribution >= 4 is 77.0 Å². The molecule has 21 nitrogen and oxygen atoms in total. The number of methoxy groups -OCH3 is 1. The number of carbonyl (C=O) groups excluding carboxylic acids is 3. The Balaban J connectivity index is 0.000000204. The summed E-state index contributed by atoms with van der Waals surface area (Å²) in [6.45, 7) is 1.83. The van der Waals surface area contributed by atoms with Gasteiger partial charge in [-0.05, 0) is 137 Å². The summed E-state index contributed by atoms with van der Waals surface area (Å²) in [5, 5.41) is 25.3. The molecule has 0 fully saturated rings. The Morgan fingerprint density at radius 3 is 1.46 bits per heavy atom. The maximum Gasteiger partial charge on any atom is 0.328 e. The zero-order chi connectivity index (χ0) is 71.7. The highest BCUT2D eigenvalue weighted by atomic mass is 32.2. The van der Waals surface area contributed by atoms with Crippen molar-refractivity contribution in [2.75, 3.05) is 16.6 Å². The number of carboxylic acids is 1. The summed E-state index contributed by atoms with van der Waals surface area (Å²) in [6, 6.07) is 41.4. The van der Waals surface area contributed by atoms with Crippen LogP contribution in [-0.4, -0.2) is 94.8 Å². The molecule has 101 heavy (non-hydrogen) atoms. The molecule has 0 bridgehead atoms. The van der Waals surface area contributed by atoms with E-state index in [0.29, 0.717) is 96.4 Å². The van der Waals surface area contributed by atoms with E-state index in [1.807, 2.05) is 13.0 Å². The molecule has 0 saturated heterocycles. The van der Waals surface area contributed by atoms with Crippen molar-refractivity contribution in [1.82, 2.24) is 40.5 Å². The number of pyridine rings is 4. The number of aromatic nitrogens is 6. The van der Waals surface area contributed by atoms with E-state index in [2.05, 4.69) is 56.1 Å². The SMILES string of the molecule is COC(=O)[C@H](Cc1ccc(-c2ccccc2C#N)c2ncccc12)NC(=O)c1c(F)cc(NS(=O)(=O)c2ccc(-c3ccnc(F)c3)cc2)cc1F.Cc1cc(-c2ccc(S(=O)(=O)Nc3cc(F)c(C(=O)N[C@@H](Cc4ccc(-c5ncccn5)c5ncccc45)C(=O)O)c(F)c3)cc2)ccn1. The van der Waals surface area contributed by atoms with Crippen molar-refractivity contribution in [2.24, 2.45) is 0 Å². The molecule has 0 saturated carbocycles. The summed E-state index contributed by atoms with van der Waals surface area (Å²) in [7, 11) is -7.53. The van der Waals surface area contributed by atoms with E-state index in [4.69, 9.17) is 4.74 Å². The minimum atomic E-state index is -4.35. The number of nitrogens with zero attached hydrogens (tertiary/aromatic N) is 7. The van der Waals surface area contributed by atoms with Crippen LogP contribution < -0.4 is 20.1 Å². The molecule has 0 aliphatic rings. The zero-order valence-electron chi connectivity index (χ0n) is 52.7. The van der Waals surface area contributed by atoms with E-state index < -0.39 is 108 Å². The molecule has 0 spiro atoms. The lowest BCUT2D eigenvalue weighted by atomic mass is 9.93.